The second-order valence-corrected chi connectivity index (χ2v) is 7.47. The molecule has 0 fully saturated rings. The van der Waals surface area contributed by atoms with E-state index in [-0.39, 0.29) is 18.2 Å². The first-order chi connectivity index (χ1) is 12.4. The number of para-hydroxylation sites is 1. The molecule has 26 heavy (non-hydrogen) atoms. The summed E-state index contributed by atoms with van der Waals surface area (Å²) >= 11 is 0. The lowest BCUT2D eigenvalue weighted by Gasteiger charge is -2.23. The molecule has 0 unspecified atom stereocenters. The van der Waals surface area contributed by atoms with Gasteiger partial charge in [-0.3, -0.25) is 9.59 Å². The van der Waals surface area contributed by atoms with Gasteiger partial charge < -0.3 is 9.67 Å². The van der Waals surface area contributed by atoms with Crippen molar-refractivity contribution in [2.75, 3.05) is 6.61 Å². The number of hydrogen-bond donors (Lipinski definition) is 1. The molecule has 1 aromatic heterocycles. The van der Waals surface area contributed by atoms with Crippen LogP contribution in [0.2, 0.25) is 0 Å². The van der Waals surface area contributed by atoms with Crippen LogP contribution in [-0.4, -0.2) is 27.8 Å². The number of unbranched alkanes of at least 4 members (excludes halogenated alkanes) is 1. The highest BCUT2D eigenvalue weighted by atomic mass is 16.3. The van der Waals surface area contributed by atoms with Gasteiger partial charge in [0.2, 0.25) is 0 Å². The van der Waals surface area contributed by atoms with E-state index < -0.39 is 5.41 Å². The number of nitrogens with zero attached hydrogens (tertiary/aromatic N) is 1. The summed E-state index contributed by atoms with van der Waals surface area (Å²) in [7, 11) is 0. The molecule has 1 aliphatic rings. The third-order valence-corrected chi connectivity index (χ3v) is 5.59. The normalized spacial score (nSPS) is 20.6. The SMILES string of the molecule is CCCCC1=C(C)C(=O)[C@](C)(Cn2cc(CCO)c3ccccc32)C1=O. The number of carbonyl (C=O) groups excluding carboxylic acids is 2. The lowest BCUT2D eigenvalue weighted by molar-refractivity contribution is -0.133. The Hall–Kier alpha value is -2.20. The van der Waals surface area contributed by atoms with E-state index in [2.05, 4.69) is 6.92 Å². The number of ketones is 2. The summed E-state index contributed by atoms with van der Waals surface area (Å²) < 4.78 is 2.01. The van der Waals surface area contributed by atoms with Crippen molar-refractivity contribution in [1.82, 2.24) is 4.57 Å². The highest BCUT2D eigenvalue weighted by Crippen LogP contribution is 2.39. The van der Waals surface area contributed by atoms with Gasteiger partial charge in [0, 0.05) is 35.8 Å². The summed E-state index contributed by atoms with van der Waals surface area (Å²) in [5.74, 6) is -0.0648. The molecule has 0 saturated carbocycles. The highest BCUT2D eigenvalue weighted by Gasteiger charge is 2.49. The van der Waals surface area contributed by atoms with E-state index in [1.807, 2.05) is 35.0 Å². The van der Waals surface area contributed by atoms with Crippen LogP contribution in [-0.2, 0) is 22.6 Å². The van der Waals surface area contributed by atoms with Gasteiger partial charge in [-0.25, -0.2) is 0 Å². The van der Waals surface area contributed by atoms with Crippen LogP contribution in [0.4, 0.5) is 0 Å². The maximum absolute atomic E-state index is 13.1. The molecule has 2 aromatic rings. The first-order valence-electron chi connectivity index (χ1n) is 9.41. The van der Waals surface area contributed by atoms with E-state index in [1.165, 1.54) is 0 Å². The Morgan fingerprint density at radius 1 is 1.12 bits per heavy atom. The fourth-order valence-corrected chi connectivity index (χ4v) is 4.07. The van der Waals surface area contributed by atoms with Crippen molar-refractivity contribution in [3.05, 3.63) is 47.2 Å². The number of benzene rings is 1. The average molecular weight is 353 g/mol. The molecule has 0 spiro atoms. The van der Waals surface area contributed by atoms with Crippen molar-refractivity contribution in [3.8, 4) is 0 Å². The number of aliphatic hydroxyl groups excluding tert-OH is 1. The van der Waals surface area contributed by atoms with Crippen LogP contribution in [0.3, 0.4) is 0 Å². The monoisotopic (exact) mass is 353 g/mol. The predicted octanol–water partition coefficient (Wildman–Crippen LogP) is 3.84. The zero-order valence-corrected chi connectivity index (χ0v) is 15.8. The Bertz CT molecular complexity index is 890. The molecule has 4 nitrogen and oxygen atoms in total. The number of allylic oxidation sites excluding steroid dienone is 2. The Balaban J connectivity index is 1.98. The van der Waals surface area contributed by atoms with Gasteiger partial charge in [0.1, 0.15) is 5.41 Å². The van der Waals surface area contributed by atoms with Gasteiger partial charge in [-0.05, 0) is 50.3 Å². The molecule has 0 saturated heterocycles. The number of aromatic nitrogens is 1. The molecule has 4 heteroatoms. The van der Waals surface area contributed by atoms with Crippen molar-refractivity contribution in [1.29, 1.82) is 0 Å². The van der Waals surface area contributed by atoms with Gasteiger partial charge in [0.15, 0.2) is 11.6 Å². The third-order valence-electron chi connectivity index (χ3n) is 5.59. The van der Waals surface area contributed by atoms with Crippen molar-refractivity contribution in [2.45, 2.75) is 53.0 Å². The first-order valence-corrected chi connectivity index (χ1v) is 9.41. The number of carbonyl (C=O) groups is 2. The maximum Gasteiger partial charge on any atom is 0.174 e. The van der Waals surface area contributed by atoms with Crippen molar-refractivity contribution in [2.24, 2.45) is 5.41 Å². The van der Waals surface area contributed by atoms with E-state index in [4.69, 9.17) is 0 Å². The molecular formula is C22H27NO3. The number of fused-ring (bicyclic) bond motifs is 1. The minimum Gasteiger partial charge on any atom is -0.396 e. The number of rotatable bonds is 7. The number of hydrogen-bond acceptors (Lipinski definition) is 3. The van der Waals surface area contributed by atoms with E-state index in [0.29, 0.717) is 30.5 Å². The molecule has 1 aromatic carbocycles. The van der Waals surface area contributed by atoms with E-state index in [9.17, 15) is 14.7 Å². The van der Waals surface area contributed by atoms with Crippen molar-refractivity contribution in [3.63, 3.8) is 0 Å². The molecule has 138 valence electrons. The molecular weight excluding hydrogens is 326 g/mol. The summed E-state index contributed by atoms with van der Waals surface area (Å²) in [5, 5.41) is 10.4. The summed E-state index contributed by atoms with van der Waals surface area (Å²) in [4.78, 5) is 26.0. The average Bonchev–Trinajstić information content (AvgIpc) is 3.05. The van der Waals surface area contributed by atoms with Gasteiger partial charge in [0.05, 0.1) is 0 Å². The van der Waals surface area contributed by atoms with E-state index in [1.54, 1.807) is 13.8 Å². The second kappa shape index (κ2) is 7.20. The van der Waals surface area contributed by atoms with Crippen LogP contribution >= 0.6 is 0 Å². The minimum absolute atomic E-state index is 0.0186. The lowest BCUT2D eigenvalue weighted by atomic mass is 9.83. The smallest absolute Gasteiger partial charge is 0.174 e. The zero-order valence-electron chi connectivity index (χ0n) is 15.8. The van der Waals surface area contributed by atoms with Gasteiger partial charge in [-0.2, -0.15) is 0 Å². The second-order valence-electron chi connectivity index (χ2n) is 7.47. The van der Waals surface area contributed by atoms with Crippen LogP contribution < -0.4 is 0 Å². The van der Waals surface area contributed by atoms with E-state index >= 15 is 0 Å². The van der Waals surface area contributed by atoms with Gasteiger partial charge in [0.25, 0.3) is 0 Å². The van der Waals surface area contributed by atoms with Crippen LogP contribution in [0.25, 0.3) is 10.9 Å². The lowest BCUT2D eigenvalue weighted by Crippen LogP contribution is -2.36. The Kier molecular flexibility index (Phi) is 5.15. The molecule has 3 rings (SSSR count). The Morgan fingerprint density at radius 2 is 1.85 bits per heavy atom. The highest BCUT2D eigenvalue weighted by molar-refractivity contribution is 6.27. The molecule has 1 heterocycles. The first kappa shape index (κ1) is 18.6. The Labute approximate surface area is 154 Å². The molecule has 0 bridgehead atoms. The van der Waals surface area contributed by atoms with Crippen molar-refractivity contribution < 1.29 is 14.7 Å². The largest absolute Gasteiger partial charge is 0.396 e. The maximum atomic E-state index is 13.1. The molecule has 0 aliphatic heterocycles. The molecule has 0 radical (unpaired) electrons. The molecule has 0 amide bonds. The number of aliphatic hydroxyl groups is 1. The van der Waals surface area contributed by atoms with Gasteiger partial charge in [-0.1, -0.05) is 31.5 Å². The Morgan fingerprint density at radius 3 is 2.54 bits per heavy atom. The summed E-state index contributed by atoms with van der Waals surface area (Å²) in [6, 6.07) is 7.95. The molecule has 1 atom stereocenters. The van der Waals surface area contributed by atoms with Crippen molar-refractivity contribution >= 4 is 22.5 Å². The van der Waals surface area contributed by atoms with Gasteiger partial charge >= 0.3 is 0 Å². The quantitative estimate of drug-likeness (QED) is 0.769. The topological polar surface area (TPSA) is 59.3 Å². The fraction of sp³-hybridized carbons (Fsp3) is 0.455. The van der Waals surface area contributed by atoms with E-state index in [0.717, 1.165) is 29.3 Å². The predicted molar refractivity (Wildman–Crippen MR) is 103 cm³/mol. The minimum atomic E-state index is -1.04. The van der Waals surface area contributed by atoms with Crippen LogP contribution in [0.15, 0.2) is 41.6 Å². The zero-order chi connectivity index (χ0) is 18.9. The summed E-state index contributed by atoms with van der Waals surface area (Å²) in [6.45, 7) is 6.07. The summed E-state index contributed by atoms with van der Waals surface area (Å²) in [5.41, 5.74) is 2.35. The third kappa shape index (κ3) is 2.92. The molecule has 1 aliphatic carbocycles. The molecule has 1 N–H and O–H groups in total. The summed E-state index contributed by atoms with van der Waals surface area (Å²) in [6.07, 6.45) is 5.15. The number of Topliss-reactive ketones (excluding diaryl/α,β-unsaturated/α-hetero) is 2. The van der Waals surface area contributed by atoms with Crippen LogP contribution in [0.1, 0.15) is 45.6 Å². The van der Waals surface area contributed by atoms with Crippen LogP contribution in [0.5, 0.6) is 0 Å². The van der Waals surface area contributed by atoms with Crippen LogP contribution in [0, 0.1) is 5.41 Å². The standard InChI is InChI=1S/C22H27NO3/c1-4-5-8-17-15(2)20(25)22(3,21(17)26)14-23-13-16(11-12-24)18-9-6-7-10-19(18)23/h6-7,9-10,13,24H,4-5,8,11-12,14H2,1-3H3/t22-/m0/s1. The van der Waals surface area contributed by atoms with Gasteiger partial charge in [-0.15, -0.1) is 0 Å². The fourth-order valence-electron chi connectivity index (χ4n) is 4.07.